The van der Waals surface area contributed by atoms with E-state index in [1.807, 2.05) is 25.1 Å². The summed E-state index contributed by atoms with van der Waals surface area (Å²) in [6.45, 7) is 2.20. The maximum absolute atomic E-state index is 11.4. The zero-order valence-corrected chi connectivity index (χ0v) is 14.5. The van der Waals surface area contributed by atoms with Gasteiger partial charge in [0.05, 0.1) is 25.3 Å². The van der Waals surface area contributed by atoms with E-state index in [2.05, 4.69) is 9.73 Å². The van der Waals surface area contributed by atoms with Crippen LogP contribution < -0.4 is 0 Å². The number of carbonyl (C=O) groups excluding carboxylic acids is 1. The highest BCUT2D eigenvalue weighted by Gasteiger charge is 2.08. The van der Waals surface area contributed by atoms with Gasteiger partial charge in [0.1, 0.15) is 0 Å². The number of methoxy groups -OCH3 is 1. The van der Waals surface area contributed by atoms with Gasteiger partial charge in [-0.15, -0.1) is 0 Å². The van der Waals surface area contributed by atoms with E-state index in [9.17, 15) is 9.90 Å². The summed E-state index contributed by atoms with van der Waals surface area (Å²) in [5.74, 6) is -0.350. The highest BCUT2D eigenvalue weighted by Crippen LogP contribution is 2.18. The Morgan fingerprint density at radius 3 is 2.58 bits per heavy atom. The summed E-state index contributed by atoms with van der Waals surface area (Å²) in [5, 5.41) is 10.8. The van der Waals surface area contributed by atoms with Gasteiger partial charge >= 0.3 is 5.97 Å². The number of ether oxygens (including phenoxy) is 1. The normalized spacial score (nSPS) is 12.8. The average molecular weight is 346 g/mol. The fourth-order valence-electron chi connectivity index (χ4n) is 2.29. The minimum Gasteiger partial charge on any atom is -0.465 e. The number of aliphatic hydroxyl groups excluding tert-OH is 1. The number of aliphatic hydroxyl groups is 1. The fourth-order valence-corrected chi connectivity index (χ4v) is 2.49. The quantitative estimate of drug-likeness (QED) is 0.638. The van der Waals surface area contributed by atoms with Crippen molar-refractivity contribution in [2.45, 2.75) is 19.4 Å². The third kappa shape index (κ3) is 5.18. The topological polar surface area (TPSA) is 58.9 Å². The molecule has 1 atom stereocenters. The minimum atomic E-state index is -0.680. The molecular formula is C19H20ClNO3. The summed E-state index contributed by atoms with van der Waals surface area (Å²) >= 11 is 5.92. The van der Waals surface area contributed by atoms with Gasteiger partial charge in [-0.25, -0.2) is 4.79 Å². The summed E-state index contributed by atoms with van der Waals surface area (Å²) in [6, 6.07) is 14.3. The lowest BCUT2D eigenvalue weighted by atomic mass is 10.1. The van der Waals surface area contributed by atoms with Crippen LogP contribution >= 0.6 is 11.6 Å². The molecule has 0 heterocycles. The molecule has 4 nitrogen and oxygen atoms in total. The van der Waals surface area contributed by atoms with E-state index >= 15 is 0 Å². The van der Waals surface area contributed by atoms with Crippen LogP contribution in [0.1, 0.15) is 34.5 Å². The second-order valence-corrected chi connectivity index (χ2v) is 5.95. The first-order valence-electron chi connectivity index (χ1n) is 7.60. The molecule has 0 aliphatic rings. The highest BCUT2D eigenvalue weighted by molar-refractivity contribution is 6.30. The van der Waals surface area contributed by atoms with Crippen molar-refractivity contribution in [1.82, 2.24) is 0 Å². The van der Waals surface area contributed by atoms with Crippen LogP contribution in [0.3, 0.4) is 0 Å². The van der Waals surface area contributed by atoms with Gasteiger partial charge in [-0.1, -0.05) is 35.9 Å². The molecule has 2 aromatic carbocycles. The number of benzene rings is 2. The Morgan fingerprint density at radius 2 is 1.96 bits per heavy atom. The Hall–Kier alpha value is -2.17. The predicted molar refractivity (Wildman–Crippen MR) is 95.9 cm³/mol. The second kappa shape index (κ2) is 8.62. The molecule has 0 aliphatic carbocycles. The zero-order chi connectivity index (χ0) is 17.5. The molecule has 0 fully saturated rings. The third-order valence-electron chi connectivity index (χ3n) is 3.60. The van der Waals surface area contributed by atoms with Crippen LogP contribution in [-0.2, 0) is 11.2 Å². The van der Waals surface area contributed by atoms with Crippen LogP contribution in [0.5, 0.6) is 0 Å². The molecule has 0 saturated heterocycles. The van der Waals surface area contributed by atoms with Crippen molar-refractivity contribution in [3.8, 4) is 0 Å². The number of hydrogen-bond acceptors (Lipinski definition) is 4. The number of aliphatic imine (C=N–C) groups is 1. The number of esters is 1. The Bertz CT molecular complexity index is 726. The van der Waals surface area contributed by atoms with Crippen molar-refractivity contribution >= 4 is 23.3 Å². The SMILES string of the molecule is COC(=O)c1ccc(C/C(C)=N/CC(O)c2cccc(Cl)c2)cc1. The molecule has 0 radical (unpaired) electrons. The smallest absolute Gasteiger partial charge is 0.337 e. The summed E-state index contributed by atoms with van der Waals surface area (Å²) in [6.07, 6.45) is -0.0238. The van der Waals surface area contributed by atoms with E-state index in [0.29, 0.717) is 17.0 Å². The summed E-state index contributed by atoms with van der Waals surface area (Å²) in [5.41, 5.74) is 3.22. The molecule has 0 bridgehead atoms. The first kappa shape index (κ1) is 18.2. The molecular weight excluding hydrogens is 326 g/mol. The Labute approximate surface area is 146 Å². The molecule has 24 heavy (non-hydrogen) atoms. The highest BCUT2D eigenvalue weighted by atomic mass is 35.5. The monoisotopic (exact) mass is 345 g/mol. The number of nitrogens with zero attached hydrogens (tertiary/aromatic N) is 1. The lowest BCUT2D eigenvalue weighted by Gasteiger charge is -2.09. The first-order valence-corrected chi connectivity index (χ1v) is 7.98. The van der Waals surface area contributed by atoms with Crippen LogP contribution in [0.2, 0.25) is 5.02 Å². The van der Waals surface area contributed by atoms with E-state index in [1.165, 1.54) is 7.11 Å². The van der Waals surface area contributed by atoms with E-state index in [0.717, 1.165) is 16.8 Å². The van der Waals surface area contributed by atoms with E-state index in [-0.39, 0.29) is 12.5 Å². The van der Waals surface area contributed by atoms with Gasteiger partial charge in [-0.05, 0) is 42.3 Å². The van der Waals surface area contributed by atoms with Crippen molar-refractivity contribution in [3.63, 3.8) is 0 Å². The lowest BCUT2D eigenvalue weighted by molar-refractivity contribution is 0.0600. The Kier molecular flexibility index (Phi) is 6.53. The first-order chi connectivity index (χ1) is 11.5. The molecule has 0 aromatic heterocycles. The molecule has 0 saturated carbocycles. The van der Waals surface area contributed by atoms with Crippen molar-refractivity contribution in [1.29, 1.82) is 0 Å². The molecule has 5 heteroatoms. The van der Waals surface area contributed by atoms with Crippen molar-refractivity contribution in [2.24, 2.45) is 4.99 Å². The average Bonchev–Trinajstić information content (AvgIpc) is 2.59. The second-order valence-electron chi connectivity index (χ2n) is 5.51. The maximum atomic E-state index is 11.4. The summed E-state index contributed by atoms with van der Waals surface area (Å²) in [7, 11) is 1.36. The molecule has 0 spiro atoms. The molecule has 126 valence electrons. The van der Waals surface area contributed by atoms with Crippen LogP contribution in [0.4, 0.5) is 0 Å². The van der Waals surface area contributed by atoms with E-state index in [1.54, 1.807) is 30.3 Å². The summed E-state index contributed by atoms with van der Waals surface area (Å²) in [4.78, 5) is 15.8. The van der Waals surface area contributed by atoms with Gasteiger partial charge in [0.15, 0.2) is 0 Å². The van der Waals surface area contributed by atoms with E-state index < -0.39 is 6.10 Å². The summed E-state index contributed by atoms with van der Waals surface area (Å²) < 4.78 is 4.67. The standard InChI is InChI=1S/C19H20ClNO3/c1-13(10-14-6-8-15(9-7-14)19(23)24-2)21-12-18(22)16-4-3-5-17(20)11-16/h3-9,11,18,22H,10,12H2,1-2H3/b21-13+. The Morgan fingerprint density at radius 1 is 1.25 bits per heavy atom. The molecule has 0 amide bonds. The van der Waals surface area contributed by atoms with Crippen LogP contribution in [-0.4, -0.2) is 30.4 Å². The number of carbonyl (C=O) groups is 1. The molecule has 2 rings (SSSR count). The largest absolute Gasteiger partial charge is 0.465 e. The molecule has 1 N–H and O–H groups in total. The number of halogens is 1. The van der Waals surface area contributed by atoms with Crippen molar-refractivity contribution in [3.05, 3.63) is 70.2 Å². The van der Waals surface area contributed by atoms with Gasteiger partial charge < -0.3 is 9.84 Å². The van der Waals surface area contributed by atoms with Gasteiger partial charge in [0.2, 0.25) is 0 Å². The van der Waals surface area contributed by atoms with Gasteiger partial charge in [0.25, 0.3) is 0 Å². The molecule has 2 aromatic rings. The lowest BCUT2D eigenvalue weighted by Crippen LogP contribution is -2.06. The molecule has 1 unspecified atom stereocenters. The van der Waals surface area contributed by atoms with Crippen LogP contribution in [0.15, 0.2) is 53.5 Å². The predicted octanol–water partition coefficient (Wildman–Crippen LogP) is 3.86. The van der Waals surface area contributed by atoms with Gasteiger partial charge in [0, 0.05) is 17.2 Å². The number of hydrogen-bond donors (Lipinski definition) is 1. The Balaban J connectivity index is 1.95. The molecule has 0 aliphatic heterocycles. The number of rotatable bonds is 6. The fraction of sp³-hybridized carbons (Fsp3) is 0.263. The third-order valence-corrected chi connectivity index (χ3v) is 3.84. The zero-order valence-electron chi connectivity index (χ0n) is 13.7. The van der Waals surface area contributed by atoms with E-state index in [4.69, 9.17) is 11.6 Å². The van der Waals surface area contributed by atoms with Gasteiger partial charge in [-0.3, -0.25) is 4.99 Å². The van der Waals surface area contributed by atoms with Crippen molar-refractivity contribution < 1.29 is 14.6 Å². The van der Waals surface area contributed by atoms with Crippen molar-refractivity contribution in [2.75, 3.05) is 13.7 Å². The van der Waals surface area contributed by atoms with Gasteiger partial charge in [-0.2, -0.15) is 0 Å². The van der Waals surface area contributed by atoms with Crippen LogP contribution in [0.25, 0.3) is 0 Å². The minimum absolute atomic E-state index is 0.284. The maximum Gasteiger partial charge on any atom is 0.337 e. The van der Waals surface area contributed by atoms with Crippen LogP contribution in [0, 0.1) is 0 Å².